The van der Waals surface area contributed by atoms with Gasteiger partial charge < -0.3 is 14.2 Å². The molecule has 1 heterocycles. The number of nitrogens with zero attached hydrogens (tertiary/aromatic N) is 2. The number of hydrogen-bond donors (Lipinski definition) is 1. The number of nitrogens with one attached hydrogen (secondary N) is 1. The molecule has 1 aromatic heterocycles. The first-order chi connectivity index (χ1) is 22.8. The van der Waals surface area contributed by atoms with Gasteiger partial charge in [-0.05, 0) is 69.8 Å². The number of para-hydroxylation sites is 1. The van der Waals surface area contributed by atoms with Crippen LogP contribution in [0.15, 0.2) is 95.9 Å². The van der Waals surface area contributed by atoms with E-state index in [0.717, 1.165) is 11.1 Å². The summed E-state index contributed by atoms with van der Waals surface area (Å²) in [5.41, 5.74) is 4.00. The predicted molar refractivity (Wildman–Crippen MR) is 184 cm³/mol. The Labute approximate surface area is 281 Å². The number of fused-ring (bicyclic) bond motifs is 1. The molecule has 1 N–H and O–H groups in total. The van der Waals surface area contributed by atoms with Crippen molar-refractivity contribution in [3.05, 3.63) is 130 Å². The van der Waals surface area contributed by atoms with E-state index >= 15 is 0 Å². The Morgan fingerprint density at radius 3 is 1.98 bits per heavy atom. The maximum Gasteiger partial charge on any atom is 0.408 e. The average Bonchev–Trinajstić information content (AvgIpc) is 3.06. The zero-order chi connectivity index (χ0) is 34.6. The molecular weight excluding hydrogens is 629 g/mol. The second-order valence-electron chi connectivity index (χ2n) is 12.6. The van der Waals surface area contributed by atoms with E-state index in [9.17, 15) is 17.6 Å². The maximum absolute atomic E-state index is 14.3. The number of benzene rings is 4. The van der Waals surface area contributed by atoms with Gasteiger partial charge in [-0.25, -0.2) is 14.2 Å². The van der Waals surface area contributed by atoms with Gasteiger partial charge in [0.1, 0.15) is 23.4 Å². The molecular formula is C38H40FN3O5S. The molecule has 1 amide bonds. The quantitative estimate of drug-likeness (QED) is 0.140. The van der Waals surface area contributed by atoms with Crippen LogP contribution in [0.4, 0.5) is 9.18 Å². The summed E-state index contributed by atoms with van der Waals surface area (Å²) in [6, 6.07) is 24.4. The first-order valence-corrected chi connectivity index (χ1v) is 17.4. The van der Waals surface area contributed by atoms with Gasteiger partial charge >= 0.3 is 16.2 Å². The van der Waals surface area contributed by atoms with E-state index in [-0.39, 0.29) is 41.0 Å². The van der Waals surface area contributed by atoms with Crippen LogP contribution in [-0.4, -0.2) is 24.5 Å². The third-order valence-electron chi connectivity index (χ3n) is 8.04. The number of hydrogen-bond acceptors (Lipinski definition) is 7. The van der Waals surface area contributed by atoms with Gasteiger partial charge in [-0.15, -0.1) is 0 Å². The van der Waals surface area contributed by atoms with Crippen LogP contribution >= 0.6 is 0 Å². The summed E-state index contributed by atoms with van der Waals surface area (Å²) in [6.45, 7) is 12.0. The molecule has 10 heteroatoms. The standard InChI is InChI=1S/C38H40FN3O5S/c1-23(2)28-20-31(24(3)4)35(32(21-28)25(5)6)48(44,45)47-37-30-14-10-11-15-33(30)40-36(42-37)34(27-16-18-29(39)19-17-27)41-38(43)46-22-26-12-8-7-9-13-26/h7-21,23-25,34H,22H2,1-6H3,(H,41,43). The van der Waals surface area contributed by atoms with E-state index < -0.39 is 28.1 Å². The number of halogens is 1. The molecule has 0 fully saturated rings. The van der Waals surface area contributed by atoms with Crippen molar-refractivity contribution in [1.82, 2.24) is 15.3 Å². The fourth-order valence-electron chi connectivity index (χ4n) is 5.42. The highest BCUT2D eigenvalue weighted by Crippen LogP contribution is 2.37. The maximum atomic E-state index is 14.3. The highest BCUT2D eigenvalue weighted by Gasteiger charge is 2.31. The monoisotopic (exact) mass is 669 g/mol. The number of rotatable bonds is 11. The first-order valence-electron chi connectivity index (χ1n) is 16.0. The molecule has 250 valence electrons. The zero-order valence-electron chi connectivity index (χ0n) is 27.9. The zero-order valence-corrected chi connectivity index (χ0v) is 28.7. The average molecular weight is 670 g/mol. The van der Waals surface area contributed by atoms with Gasteiger partial charge in [0, 0.05) is 0 Å². The van der Waals surface area contributed by atoms with Gasteiger partial charge in [-0.2, -0.15) is 13.4 Å². The van der Waals surface area contributed by atoms with E-state index in [2.05, 4.69) is 29.1 Å². The molecule has 5 aromatic rings. The molecule has 0 bridgehead atoms. The third-order valence-corrected chi connectivity index (χ3v) is 9.39. The van der Waals surface area contributed by atoms with Crippen molar-refractivity contribution < 1.29 is 26.5 Å². The Bertz CT molecular complexity index is 1990. The summed E-state index contributed by atoms with van der Waals surface area (Å²) in [4.78, 5) is 22.5. The van der Waals surface area contributed by atoms with Gasteiger partial charge in [0.05, 0.1) is 10.9 Å². The number of carbonyl (C=O) groups is 1. The fourth-order valence-corrected chi connectivity index (χ4v) is 7.00. The Hall–Kier alpha value is -4.83. The smallest absolute Gasteiger partial charge is 0.408 e. The summed E-state index contributed by atoms with van der Waals surface area (Å²) >= 11 is 0. The van der Waals surface area contributed by atoms with Crippen molar-refractivity contribution in [2.75, 3.05) is 0 Å². The Balaban J connectivity index is 1.60. The van der Waals surface area contributed by atoms with Gasteiger partial charge in [0.2, 0.25) is 5.88 Å². The summed E-state index contributed by atoms with van der Waals surface area (Å²) in [5.74, 6) is -0.655. The Kier molecular flexibility index (Phi) is 10.4. The molecule has 0 aliphatic heterocycles. The molecule has 1 unspecified atom stereocenters. The van der Waals surface area contributed by atoms with E-state index in [4.69, 9.17) is 8.92 Å². The second-order valence-corrected chi connectivity index (χ2v) is 14.1. The van der Waals surface area contributed by atoms with Crippen LogP contribution in [0.5, 0.6) is 5.88 Å². The Morgan fingerprint density at radius 2 is 1.38 bits per heavy atom. The van der Waals surface area contributed by atoms with E-state index in [1.807, 2.05) is 70.2 Å². The lowest BCUT2D eigenvalue weighted by molar-refractivity contribution is 0.137. The molecule has 48 heavy (non-hydrogen) atoms. The SMILES string of the molecule is CC(C)c1cc(C(C)C)c(S(=O)(=O)Oc2nc(C(NC(=O)OCc3ccccc3)c3ccc(F)cc3)nc3ccccc23)c(C(C)C)c1. The van der Waals surface area contributed by atoms with Crippen molar-refractivity contribution in [2.24, 2.45) is 0 Å². The van der Waals surface area contributed by atoms with Gasteiger partial charge in [0.15, 0.2) is 5.82 Å². The lowest BCUT2D eigenvalue weighted by atomic mass is 9.89. The molecule has 0 aliphatic carbocycles. The highest BCUT2D eigenvalue weighted by molar-refractivity contribution is 7.87. The predicted octanol–water partition coefficient (Wildman–Crippen LogP) is 8.92. The van der Waals surface area contributed by atoms with Crippen molar-refractivity contribution in [2.45, 2.75) is 76.8 Å². The van der Waals surface area contributed by atoms with Crippen LogP contribution in [0.2, 0.25) is 0 Å². The summed E-state index contributed by atoms with van der Waals surface area (Å²) in [5, 5.41) is 3.14. The molecule has 0 radical (unpaired) electrons. The number of ether oxygens (including phenoxy) is 1. The summed E-state index contributed by atoms with van der Waals surface area (Å²) in [7, 11) is -4.43. The van der Waals surface area contributed by atoms with Crippen molar-refractivity contribution >= 4 is 27.1 Å². The van der Waals surface area contributed by atoms with Crippen molar-refractivity contribution in [3.63, 3.8) is 0 Å². The van der Waals surface area contributed by atoms with Gasteiger partial charge in [0.25, 0.3) is 0 Å². The van der Waals surface area contributed by atoms with Crippen molar-refractivity contribution in [1.29, 1.82) is 0 Å². The third kappa shape index (κ3) is 7.82. The molecule has 0 saturated carbocycles. The highest BCUT2D eigenvalue weighted by atomic mass is 32.2. The molecule has 0 spiro atoms. The number of carbonyl (C=O) groups excluding carboxylic acids is 1. The fraction of sp³-hybridized carbons (Fsp3) is 0.289. The number of alkyl carbamates (subject to hydrolysis) is 1. The van der Waals surface area contributed by atoms with Crippen LogP contribution in [0, 0.1) is 5.82 Å². The summed E-state index contributed by atoms with van der Waals surface area (Å²) < 4.78 is 54.1. The van der Waals surface area contributed by atoms with E-state index in [1.165, 1.54) is 24.3 Å². The largest absolute Gasteiger partial charge is 0.445 e. The molecule has 5 rings (SSSR count). The minimum atomic E-state index is -4.43. The normalized spacial score (nSPS) is 12.5. The summed E-state index contributed by atoms with van der Waals surface area (Å²) in [6.07, 6.45) is -0.770. The van der Waals surface area contributed by atoms with Crippen molar-refractivity contribution in [3.8, 4) is 5.88 Å². The van der Waals surface area contributed by atoms with E-state index in [0.29, 0.717) is 27.6 Å². The van der Waals surface area contributed by atoms with Crippen LogP contribution in [0.25, 0.3) is 10.9 Å². The van der Waals surface area contributed by atoms with Gasteiger partial charge in [-0.3, -0.25) is 0 Å². The first kappa shape index (κ1) is 34.5. The lowest BCUT2D eigenvalue weighted by Crippen LogP contribution is -2.31. The number of amides is 1. The molecule has 0 saturated heterocycles. The number of aromatic nitrogens is 2. The second kappa shape index (κ2) is 14.5. The minimum Gasteiger partial charge on any atom is -0.445 e. The molecule has 4 aromatic carbocycles. The topological polar surface area (TPSA) is 107 Å². The van der Waals surface area contributed by atoms with Gasteiger partial charge in [-0.1, -0.05) is 108 Å². The Morgan fingerprint density at radius 1 is 0.771 bits per heavy atom. The van der Waals surface area contributed by atoms with Crippen LogP contribution < -0.4 is 9.50 Å². The molecule has 8 nitrogen and oxygen atoms in total. The van der Waals surface area contributed by atoms with Crippen LogP contribution in [0.3, 0.4) is 0 Å². The molecule has 0 aliphatic rings. The molecule has 1 atom stereocenters. The lowest BCUT2D eigenvalue weighted by Gasteiger charge is -2.23. The van der Waals surface area contributed by atoms with E-state index in [1.54, 1.807) is 24.3 Å². The van der Waals surface area contributed by atoms with Crippen LogP contribution in [-0.2, 0) is 21.5 Å². The minimum absolute atomic E-state index is 0.0139. The van der Waals surface area contributed by atoms with Crippen LogP contribution in [0.1, 0.15) is 99.0 Å².